The predicted molar refractivity (Wildman–Crippen MR) is 112 cm³/mol. The van der Waals surface area contributed by atoms with Crippen LogP contribution in [0.2, 0.25) is 0 Å². The Labute approximate surface area is 179 Å². The van der Waals surface area contributed by atoms with Crippen LogP contribution in [0.5, 0.6) is 0 Å². The summed E-state index contributed by atoms with van der Waals surface area (Å²) in [6.07, 6.45) is 2.94. The minimum atomic E-state index is -1.21. The van der Waals surface area contributed by atoms with Gasteiger partial charge in [0.05, 0.1) is 18.2 Å². The molecule has 3 heterocycles. The number of aliphatic hydroxyl groups excluding tert-OH is 3. The number of thioether (sulfide) groups is 1. The van der Waals surface area contributed by atoms with Gasteiger partial charge in [-0.3, -0.25) is 0 Å². The number of hydrogen-bond donors (Lipinski definition) is 3. The Hall–Kier alpha value is -1.82. The molecule has 1 aliphatic rings. The highest BCUT2D eigenvalue weighted by Crippen LogP contribution is 2.32. The van der Waals surface area contributed by atoms with Crippen molar-refractivity contribution in [2.75, 3.05) is 12.4 Å². The van der Waals surface area contributed by atoms with Gasteiger partial charge in [0.2, 0.25) is 0 Å². The van der Waals surface area contributed by atoms with E-state index >= 15 is 0 Å². The summed E-state index contributed by atoms with van der Waals surface area (Å²) in [5, 5.41) is 35.3. The molecule has 1 aromatic carbocycles. The van der Waals surface area contributed by atoms with Gasteiger partial charge in [0, 0.05) is 10.2 Å². The van der Waals surface area contributed by atoms with Crippen molar-refractivity contribution in [3.63, 3.8) is 0 Å². The number of nitrogens with zero attached hydrogens (tertiary/aromatic N) is 4. The van der Waals surface area contributed by atoms with E-state index < -0.39 is 31.1 Å². The molecule has 8 nitrogen and oxygen atoms in total. The van der Waals surface area contributed by atoms with Gasteiger partial charge in [-0.1, -0.05) is 40.2 Å². The maximum absolute atomic E-state index is 10.3. The second-order valence-corrected chi connectivity index (χ2v) is 8.43. The van der Waals surface area contributed by atoms with Crippen molar-refractivity contribution in [1.29, 1.82) is 0 Å². The van der Waals surface area contributed by atoms with Crippen molar-refractivity contribution in [2.24, 2.45) is 0 Å². The lowest BCUT2D eigenvalue weighted by atomic mass is 10.1. The van der Waals surface area contributed by atoms with Crippen molar-refractivity contribution in [1.82, 2.24) is 19.7 Å². The highest BCUT2D eigenvalue weighted by atomic mass is 79.9. The minimum absolute atomic E-state index is 0.395. The van der Waals surface area contributed by atoms with Crippen molar-refractivity contribution in [3.8, 4) is 0 Å². The van der Waals surface area contributed by atoms with E-state index in [9.17, 15) is 15.3 Å². The Kier molecular flexibility index (Phi) is 6.28. The molecule has 4 rings (SSSR count). The first kappa shape index (κ1) is 20.5. The van der Waals surface area contributed by atoms with E-state index in [0.29, 0.717) is 11.4 Å². The first-order valence-electron chi connectivity index (χ1n) is 8.94. The van der Waals surface area contributed by atoms with E-state index in [1.165, 1.54) is 22.8 Å². The molecule has 1 saturated heterocycles. The van der Waals surface area contributed by atoms with Crippen LogP contribution in [0.25, 0.3) is 17.1 Å². The fourth-order valence-electron chi connectivity index (χ4n) is 3.15. The molecule has 0 saturated carbocycles. The fourth-order valence-corrected chi connectivity index (χ4v) is 4.33. The summed E-state index contributed by atoms with van der Waals surface area (Å²) in [6.45, 7) is -0.395. The molecule has 152 valence electrons. The summed E-state index contributed by atoms with van der Waals surface area (Å²) in [4.78, 5) is 8.59. The van der Waals surface area contributed by atoms with E-state index in [1.54, 1.807) is 6.20 Å². The summed E-state index contributed by atoms with van der Waals surface area (Å²) < 4.78 is 8.00. The van der Waals surface area contributed by atoms with Gasteiger partial charge in [-0.2, -0.15) is 5.10 Å². The zero-order valence-corrected chi connectivity index (χ0v) is 17.6. The lowest BCUT2D eigenvalue weighted by molar-refractivity contribution is -0.0566. The predicted octanol–water partition coefficient (Wildman–Crippen LogP) is 2.01. The van der Waals surface area contributed by atoms with Crippen molar-refractivity contribution >= 4 is 44.8 Å². The quantitative estimate of drug-likeness (QED) is 0.364. The van der Waals surface area contributed by atoms with Crippen LogP contribution in [0.3, 0.4) is 0 Å². The lowest BCUT2D eigenvalue weighted by Crippen LogP contribution is -2.33. The van der Waals surface area contributed by atoms with Crippen molar-refractivity contribution in [3.05, 3.63) is 52.9 Å². The topological polar surface area (TPSA) is 114 Å². The largest absolute Gasteiger partial charge is 0.394 e. The van der Waals surface area contributed by atoms with E-state index in [4.69, 9.17) is 4.74 Å². The molecule has 4 atom stereocenters. The van der Waals surface area contributed by atoms with Crippen LogP contribution in [0.15, 0.2) is 52.4 Å². The Morgan fingerprint density at radius 1 is 1.24 bits per heavy atom. The molecule has 3 aromatic rings. The first-order valence-corrected chi connectivity index (χ1v) is 10.7. The summed E-state index contributed by atoms with van der Waals surface area (Å²) in [7, 11) is 0. The van der Waals surface area contributed by atoms with Crippen LogP contribution in [0.4, 0.5) is 0 Å². The van der Waals surface area contributed by atoms with E-state index in [0.717, 1.165) is 20.4 Å². The van der Waals surface area contributed by atoms with Crippen molar-refractivity contribution in [2.45, 2.75) is 29.6 Å². The summed E-state index contributed by atoms with van der Waals surface area (Å²) in [5.41, 5.74) is 1.60. The second kappa shape index (κ2) is 8.90. The number of rotatable bonds is 6. The molecule has 0 radical (unpaired) electrons. The van der Waals surface area contributed by atoms with Crippen LogP contribution in [0, 0.1) is 0 Å². The molecular weight excluding hydrogens is 460 g/mol. The summed E-state index contributed by atoms with van der Waals surface area (Å²) in [6, 6.07) is 8.03. The van der Waals surface area contributed by atoms with Gasteiger partial charge < -0.3 is 20.1 Å². The van der Waals surface area contributed by atoms with E-state index in [2.05, 4.69) is 37.1 Å². The van der Waals surface area contributed by atoms with Crippen LogP contribution in [-0.2, 0) is 4.74 Å². The molecule has 0 amide bonds. The lowest BCUT2D eigenvalue weighted by Gasteiger charge is -2.15. The molecule has 10 heteroatoms. The average Bonchev–Trinajstić information content (AvgIpc) is 3.27. The average molecular weight is 479 g/mol. The van der Waals surface area contributed by atoms with Gasteiger partial charge in [-0.05, 0) is 17.7 Å². The van der Waals surface area contributed by atoms with Crippen LogP contribution < -0.4 is 0 Å². The fraction of sp³-hybridized carbons (Fsp3) is 0.316. The molecule has 3 N–H and O–H groups in total. The Morgan fingerprint density at radius 2 is 2.10 bits per heavy atom. The second-order valence-electron chi connectivity index (χ2n) is 6.50. The van der Waals surface area contributed by atoms with E-state index in [-0.39, 0.29) is 0 Å². The van der Waals surface area contributed by atoms with Crippen LogP contribution in [0.1, 0.15) is 11.8 Å². The molecule has 4 unspecified atom stereocenters. The Morgan fingerprint density at radius 3 is 2.86 bits per heavy atom. The van der Waals surface area contributed by atoms with Crippen molar-refractivity contribution < 1.29 is 20.1 Å². The molecule has 0 bridgehead atoms. The molecule has 2 aromatic heterocycles. The van der Waals surface area contributed by atoms with Gasteiger partial charge in [-0.25, -0.2) is 14.6 Å². The molecule has 1 fully saturated rings. The normalized spacial score (nSPS) is 24.7. The number of benzene rings is 1. The standard InChI is InChI=1S/C19H19BrN4O4S/c20-12-5-1-3-11(7-12)4-2-6-29-18-13-8-23-24(17(13)21-10-22-18)19-16(27)15(26)14(9-25)28-19/h1-5,7-8,10,14-16,19,25-27H,6,9H2/b4-2+. The first-order chi connectivity index (χ1) is 14.1. The molecule has 0 spiro atoms. The van der Waals surface area contributed by atoms with Gasteiger partial charge >= 0.3 is 0 Å². The number of halogens is 1. The monoisotopic (exact) mass is 478 g/mol. The summed E-state index contributed by atoms with van der Waals surface area (Å²) >= 11 is 5.00. The number of fused-ring (bicyclic) bond motifs is 1. The maximum atomic E-state index is 10.3. The van der Waals surface area contributed by atoms with Gasteiger partial charge in [0.1, 0.15) is 29.7 Å². The highest BCUT2D eigenvalue weighted by Gasteiger charge is 2.44. The number of ether oxygens (including phenoxy) is 1. The molecule has 1 aliphatic heterocycles. The smallest absolute Gasteiger partial charge is 0.181 e. The summed E-state index contributed by atoms with van der Waals surface area (Å²) in [5.74, 6) is 0.706. The Bertz CT molecular complexity index is 1030. The van der Waals surface area contributed by atoms with Gasteiger partial charge in [0.15, 0.2) is 11.9 Å². The van der Waals surface area contributed by atoms with Gasteiger partial charge in [-0.15, -0.1) is 11.8 Å². The SMILES string of the molecule is OCC1OC(n2ncc3c(SC/C=C/c4cccc(Br)c4)ncnc32)C(O)C1O. The molecule has 0 aliphatic carbocycles. The third kappa shape index (κ3) is 4.23. The molecular formula is C19H19BrN4O4S. The van der Waals surface area contributed by atoms with Gasteiger partial charge in [0.25, 0.3) is 0 Å². The number of aromatic nitrogens is 4. The third-order valence-electron chi connectivity index (χ3n) is 4.59. The zero-order valence-electron chi connectivity index (χ0n) is 15.2. The number of hydrogen-bond acceptors (Lipinski definition) is 8. The van der Waals surface area contributed by atoms with E-state index in [1.807, 2.05) is 30.3 Å². The third-order valence-corrected chi connectivity index (χ3v) is 6.04. The molecule has 29 heavy (non-hydrogen) atoms. The van der Waals surface area contributed by atoms with Crippen LogP contribution in [-0.4, -0.2) is 65.7 Å². The zero-order chi connectivity index (χ0) is 20.4. The maximum Gasteiger partial charge on any atom is 0.181 e. The Balaban J connectivity index is 1.51. The van der Waals surface area contributed by atoms with Crippen LogP contribution >= 0.6 is 27.7 Å². The number of aliphatic hydroxyl groups is 3. The highest BCUT2D eigenvalue weighted by molar-refractivity contribution is 9.10. The minimum Gasteiger partial charge on any atom is -0.394 e.